The molecule has 0 bridgehead atoms. The number of benzene rings is 3. The van der Waals surface area contributed by atoms with Gasteiger partial charge in [0.1, 0.15) is 5.75 Å². The lowest BCUT2D eigenvalue weighted by atomic mass is 9.99. The van der Waals surface area contributed by atoms with E-state index in [9.17, 15) is 9.59 Å². The first kappa shape index (κ1) is 18.7. The van der Waals surface area contributed by atoms with Crippen LogP contribution in [0.3, 0.4) is 0 Å². The van der Waals surface area contributed by atoms with Gasteiger partial charge in [0.25, 0.3) is 0 Å². The number of halogens is 1. The predicted octanol–water partition coefficient (Wildman–Crippen LogP) is 5.13. The van der Waals surface area contributed by atoms with E-state index in [1.165, 1.54) is 7.11 Å². The molecule has 0 aliphatic heterocycles. The van der Waals surface area contributed by atoms with Crippen LogP contribution in [0.25, 0.3) is 0 Å². The predicted molar refractivity (Wildman–Crippen MR) is 103 cm³/mol. The second kappa shape index (κ2) is 8.52. The fourth-order valence-corrected chi connectivity index (χ4v) is 2.72. The number of Topliss-reactive ketones (excluding diaryl/α,β-unsaturated/α-hetero) is 1. The number of carbonyl (C=O) groups excluding carboxylic acids is 2. The van der Waals surface area contributed by atoms with Crippen molar-refractivity contribution in [2.45, 2.75) is 6.10 Å². The Morgan fingerprint density at radius 3 is 2.19 bits per heavy atom. The van der Waals surface area contributed by atoms with Gasteiger partial charge in [-0.25, -0.2) is 4.79 Å². The zero-order valence-corrected chi connectivity index (χ0v) is 15.3. The Hall–Kier alpha value is -3.11. The van der Waals surface area contributed by atoms with Crippen LogP contribution in [-0.2, 0) is 4.74 Å². The smallest absolute Gasteiger partial charge is 0.339 e. The maximum absolute atomic E-state index is 13.0. The van der Waals surface area contributed by atoms with E-state index in [1.54, 1.807) is 72.8 Å². The lowest BCUT2D eigenvalue weighted by Crippen LogP contribution is -2.20. The first-order valence-electron chi connectivity index (χ1n) is 8.28. The average molecular weight is 381 g/mol. The van der Waals surface area contributed by atoms with Crippen LogP contribution in [0.1, 0.15) is 32.4 Å². The van der Waals surface area contributed by atoms with E-state index in [-0.39, 0.29) is 5.78 Å². The molecule has 0 aliphatic carbocycles. The quantitative estimate of drug-likeness (QED) is 0.439. The summed E-state index contributed by atoms with van der Waals surface area (Å²) in [6.45, 7) is 0. The molecule has 0 aliphatic rings. The summed E-state index contributed by atoms with van der Waals surface area (Å²) in [6.07, 6.45) is -1.08. The van der Waals surface area contributed by atoms with E-state index in [4.69, 9.17) is 21.1 Å². The standard InChI is InChI=1S/C22H17ClO4/c1-26-19-9-5-8-17(14-19)22(25)27-21(16-10-12-18(23)13-11-16)20(24)15-6-3-2-4-7-15/h2-14,21H,1H3. The third-order valence-electron chi connectivity index (χ3n) is 4.00. The van der Waals surface area contributed by atoms with Gasteiger partial charge in [-0.3, -0.25) is 4.79 Å². The van der Waals surface area contributed by atoms with Crippen LogP contribution in [0.4, 0.5) is 0 Å². The fourth-order valence-electron chi connectivity index (χ4n) is 2.59. The highest BCUT2D eigenvalue weighted by atomic mass is 35.5. The van der Waals surface area contributed by atoms with Gasteiger partial charge < -0.3 is 9.47 Å². The van der Waals surface area contributed by atoms with E-state index in [1.807, 2.05) is 6.07 Å². The molecule has 0 saturated carbocycles. The topological polar surface area (TPSA) is 52.6 Å². The molecular weight excluding hydrogens is 364 g/mol. The van der Waals surface area contributed by atoms with E-state index in [0.29, 0.717) is 27.5 Å². The highest BCUT2D eigenvalue weighted by Crippen LogP contribution is 2.26. The van der Waals surface area contributed by atoms with Crippen LogP contribution in [0.2, 0.25) is 5.02 Å². The minimum absolute atomic E-state index is 0.300. The van der Waals surface area contributed by atoms with Crippen molar-refractivity contribution in [2.75, 3.05) is 7.11 Å². The maximum Gasteiger partial charge on any atom is 0.339 e. The van der Waals surface area contributed by atoms with Crippen LogP contribution >= 0.6 is 11.6 Å². The Balaban J connectivity index is 1.93. The van der Waals surface area contributed by atoms with Crippen molar-refractivity contribution in [3.8, 4) is 5.75 Å². The molecule has 0 spiro atoms. The van der Waals surface area contributed by atoms with E-state index in [0.717, 1.165) is 0 Å². The molecule has 3 rings (SSSR count). The Labute approximate surface area is 162 Å². The molecular formula is C22H17ClO4. The number of hydrogen-bond donors (Lipinski definition) is 0. The third kappa shape index (κ3) is 4.54. The Morgan fingerprint density at radius 2 is 1.52 bits per heavy atom. The fraction of sp³-hybridized carbons (Fsp3) is 0.0909. The third-order valence-corrected chi connectivity index (χ3v) is 4.25. The number of methoxy groups -OCH3 is 1. The molecule has 0 saturated heterocycles. The Kier molecular flexibility index (Phi) is 5.89. The van der Waals surface area contributed by atoms with E-state index in [2.05, 4.69) is 0 Å². The molecule has 136 valence electrons. The summed E-state index contributed by atoms with van der Waals surface area (Å²) in [4.78, 5) is 25.6. The summed E-state index contributed by atoms with van der Waals surface area (Å²) in [6, 6.07) is 21.9. The molecule has 0 heterocycles. The zero-order valence-electron chi connectivity index (χ0n) is 14.6. The Bertz CT molecular complexity index is 936. The molecule has 0 fully saturated rings. The van der Waals surface area contributed by atoms with Crippen molar-refractivity contribution < 1.29 is 19.1 Å². The monoisotopic (exact) mass is 380 g/mol. The van der Waals surface area contributed by atoms with Gasteiger partial charge in [0.2, 0.25) is 5.78 Å². The zero-order chi connectivity index (χ0) is 19.2. The van der Waals surface area contributed by atoms with Gasteiger partial charge in [-0.2, -0.15) is 0 Å². The first-order chi connectivity index (χ1) is 13.1. The molecule has 0 N–H and O–H groups in total. The number of rotatable bonds is 6. The molecule has 0 aromatic heterocycles. The molecule has 5 heteroatoms. The van der Waals surface area contributed by atoms with Crippen molar-refractivity contribution in [3.63, 3.8) is 0 Å². The first-order valence-corrected chi connectivity index (χ1v) is 8.66. The number of ketones is 1. The number of hydrogen-bond acceptors (Lipinski definition) is 4. The van der Waals surface area contributed by atoms with Crippen molar-refractivity contribution >= 4 is 23.4 Å². The number of carbonyl (C=O) groups is 2. The summed E-state index contributed by atoms with van der Waals surface area (Å²) < 4.78 is 10.7. The van der Waals surface area contributed by atoms with Crippen molar-refractivity contribution in [1.82, 2.24) is 0 Å². The van der Waals surface area contributed by atoms with Crippen LogP contribution < -0.4 is 4.74 Å². The van der Waals surface area contributed by atoms with Gasteiger partial charge in [0.05, 0.1) is 12.7 Å². The molecule has 3 aromatic carbocycles. The second-order valence-corrected chi connectivity index (χ2v) is 6.24. The van der Waals surface area contributed by atoms with Crippen LogP contribution in [0.5, 0.6) is 5.75 Å². The van der Waals surface area contributed by atoms with Gasteiger partial charge in [0.15, 0.2) is 6.10 Å². The highest BCUT2D eigenvalue weighted by molar-refractivity contribution is 6.30. The van der Waals surface area contributed by atoms with Gasteiger partial charge in [-0.05, 0) is 30.3 Å². The van der Waals surface area contributed by atoms with Gasteiger partial charge in [-0.1, -0.05) is 60.1 Å². The minimum atomic E-state index is -1.08. The largest absolute Gasteiger partial charge is 0.497 e. The van der Waals surface area contributed by atoms with E-state index < -0.39 is 12.1 Å². The molecule has 1 unspecified atom stereocenters. The van der Waals surface area contributed by atoms with Crippen LogP contribution in [0.15, 0.2) is 78.9 Å². The molecule has 27 heavy (non-hydrogen) atoms. The van der Waals surface area contributed by atoms with Crippen molar-refractivity contribution in [3.05, 3.63) is 101 Å². The SMILES string of the molecule is COc1cccc(C(=O)OC(C(=O)c2ccccc2)c2ccc(Cl)cc2)c1. The van der Waals surface area contributed by atoms with Gasteiger partial charge >= 0.3 is 5.97 Å². The van der Waals surface area contributed by atoms with Crippen molar-refractivity contribution in [2.24, 2.45) is 0 Å². The summed E-state index contributed by atoms with van der Waals surface area (Å²) in [5.74, 6) is -0.394. The molecule has 1 atom stereocenters. The van der Waals surface area contributed by atoms with Crippen molar-refractivity contribution in [1.29, 1.82) is 0 Å². The number of ether oxygens (including phenoxy) is 2. The van der Waals surface area contributed by atoms with Gasteiger partial charge in [0, 0.05) is 16.1 Å². The van der Waals surface area contributed by atoms with Gasteiger partial charge in [-0.15, -0.1) is 0 Å². The molecule has 4 nitrogen and oxygen atoms in total. The van der Waals surface area contributed by atoms with E-state index >= 15 is 0 Å². The lowest BCUT2D eigenvalue weighted by molar-refractivity contribution is 0.0280. The van der Waals surface area contributed by atoms with Crippen LogP contribution in [-0.4, -0.2) is 18.9 Å². The molecule has 3 aromatic rings. The molecule has 0 amide bonds. The lowest BCUT2D eigenvalue weighted by Gasteiger charge is -2.18. The number of esters is 1. The second-order valence-electron chi connectivity index (χ2n) is 5.80. The average Bonchev–Trinajstić information content (AvgIpc) is 2.73. The summed E-state index contributed by atoms with van der Waals surface area (Å²) in [7, 11) is 1.51. The maximum atomic E-state index is 13.0. The highest BCUT2D eigenvalue weighted by Gasteiger charge is 2.27. The summed E-state index contributed by atoms with van der Waals surface area (Å²) in [5, 5.41) is 0.531. The molecule has 0 radical (unpaired) electrons. The normalized spacial score (nSPS) is 11.5. The summed E-state index contributed by atoms with van der Waals surface area (Å²) in [5.41, 5.74) is 1.30. The Morgan fingerprint density at radius 1 is 0.852 bits per heavy atom. The van der Waals surface area contributed by atoms with Crippen LogP contribution in [0, 0.1) is 0 Å². The minimum Gasteiger partial charge on any atom is -0.497 e. The summed E-state index contributed by atoms with van der Waals surface area (Å²) >= 11 is 5.94.